The van der Waals surface area contributed by atoms with Crippen molar-refractivity contribution in [3.05, 3.63) is 54.3 Å². The Morgan fingerprint density at radius 2 is 1.33 bits per heavy atom. The number of anilines is 3. The summed E-state index contributed by atoms with van der Waals surface area (Å²) in [4.78, 5) is 11.7. The van der Waals surface area contributed by atoms with Crippen LogP contribution in [0, 0.1) is 5.82 Å². The zero-order valence-electron chi connectivity index (χ0n) is 10.6. The Morgan fingerprint density at radius 3 is 1.81 bits per heavy atom. The van der Waals surface area contributed by atoms with Gasteiger partial charge in [-0.05, 0) is 48.5 Å². The van der Waals surface area contributed by atoms with Gasteiger partial charge in [0.15, 0.2) is 0 Å². The van der Waals surface area contributed by atoms with Gasteiger partial charge < -0.3 is 19.9 Å². The summed E-state index contributed by atoms with van der Waals surface area (Å²) >= 11 is -2.39. The van der Waals surface area contributed by atoms with Crippen molar-refractivity contribution in [1.29, 1.82) is 0 Å². The van der Waals surface area contributed by atoms with Gasteiger partial charge in [-0.3, -0.25) is 4.21 Å². The molecule has 2 amide bonds. The predicted molar refractivity (Wildman–Crippen MR) is 78.0 cm³/mol. The molecule has 0 aliphatic heterocycles. The highest BCUT2D eigenvalue weighted by molar-refractivity contribution is 7.80. The molecule has 0 saturated carbocycles. The second-order valence-corrected chi connectivity index (χ2v) is 4.67. The van der Waals surface area contributed by atoms with Crippen molar-refractivity contribution < 1.29 is 17.9 Å². The van der Waals surface area contributed by atoms with Gasteiger partial charge >= 0.3 is 6.03 Å². The Morgan fingerprint density at radius 1 is 0.905 bits per heavy atom. The summed E-state index contributed by atoms with van der Waals surface area (Å²) in [5, 5.41) is 5.09. The van der Waals surface area contributed by atoms with E-state index >= 15 is 0 Å². The van der Waals surface area contributed by atoms with E-state index in [2.05, 4.69) is 15.4 Å². The number of rotatable bonds is 4. The molecule has 0 heterocycles. The fourth-order valence-electron chi connectivity index (χ4n) is 1.54. The van der Waals surface area contributed by atoms with Crippen molar-refractivity contribution in [1.82, 2.24) is 0 Å². The molecule has 8 heteroatoms. The maximum atomic E-state index is 12.7. The van der Waals surface area contributed by atoms with Gasteiger partial charge in [-0.25, -0.2) is 9.18 Å². The number of carbonyl (C=O) groups excluding carboxylic acids is 1. The minimum Gasteiger partial charge on any atom is -0.755 e. The van der Waals surface area contributed by atoms with Crippen LogP contribution < -0.4 is 15.4 Å². The molecule has 0 radical (unpaired) electrons. The summed E-state index contributed by atoms with van der Waals surface area (Å²) < 4.78 is 35.8. The fraction of sp³-hybridized carbons (Fsp3) is 0. The lowest BCUT2D eigenvalue weighted by molar-refractivity contribution is 0.262. The molecule has 0 aliphatic rings. The minimum absolute atomic E-state index is 0.382. The lowest BCUT2D eigenvalue weighted by atomic mass is 10.3. The molecule has 0 spiro atoms. The number of hydrogen-bond donors (Lipinski definition) is 3. The Labute approximate surface area is 122 Å². The predicted octanol–water partition coefficient (Wildman–Crippen LogP) is 2.68. The highest BCUT2D eigenvalue weighted by Gasteiger charge is 2.03. The average Bonchev–Trinajstić information content (AvgIpc) is 2.43. The van der Waals surface area contributed by atoms with E-state index < -0.39 is 17.3 Å². The third-order valence-electron chi connectivity index (χ3n) is 2.45. The SMILES string of the molecule is O=C(Nc1ccc(F)cc1)Nc1ccc(NS(=O)[O-])cc1. The normalized spacial score (nSPS) is 11.5. The van der Waals surface area contributed by atoms with Gasteiger partial charge in [0, 0.05) is 28.3 Å². The van der Waals surface area contributed by atoms with Crippen LogP contribution in [-0.4, -0.2) is 14.8 Å². The van der Waals surface area contributed by atoms with Crippen LogP contribution in [0.1, 0.15) is 0 Å². The summed E-state index contributed by atoms with van der Waals surface area (Å²) in [6.45, 7) is 0. The van der Waals surface area contributed by atoms with Gasteiger partial charge in [-0.2, -0.15) is 0 Å². The average molecular weight is 308 g/mol. The maximum absolute atomic E-state index is 12.7. The van der Waals surface area contributed by atoms with Crippen molar-refractivity contribution >= 4 is 34.4 Å². The van der Waals surface area contributed by atoms with Crippen LogP contribution in [0.25, 0.3) is 0 Å². The molecular weight excluding hydrogens is 297 g/mol. The first kappa shape index (κ1) is 14.9. The van der Waals surface area contributed by atoms with Crippen LogP contribution in [-0.2, 0) is 11.3 Å². The number of amides is 2. The first-order valence-electron chi connectivity index (χ1n) is 5.82. The van der Waals surface area contributed by atoms with Crippen molar-refractivity contribution in [3.8, 4) is 0 Å². The number of urea groups is 1. The molecule has 1 unspecified atom stereocenters. The lowest BCUT2D eigenvalue weighted by Gasteiger charge is -2.10. The van der Waals surface area contributed by atoms with Crippen LogP contribution in [0.4, 0.5) is 26.2 Å². The number of carbonyl (C=O) groups is 1. The molecule has 2 rings (SSSR count). The number of hydrogen-bond acceptors (Lipinski definition) is 3. The maximum Gasteiger partial charge on any atom is 0.323 e. The third kappa shape index (κ3) is 4.86. The van der Waals surface area contributed by atoms with Crippen molar-refractivity contribution in [3.63, 3.8) is 0 Å². The highest BCUT2D eigenvalue weighted by Crippen LogP contribution is 2.14. The molecule has 0 saturated heterocycles. The number of halogens is 1. The summed E-state index contributed by atoms with van der Waals surface area (Å²) in [5.74, 6) is -0.389. The van der Waals surface area contributed by atoms with Crippen molar-refractivity contribution in [2.24, 2.45) is 0 Å². The van der Waals surface area contributed by atoms with Crippen molar-refractivity contribution in [2.75, 3.05) is 15.4 Å². The Bertz CT molecular complexity index is 647. The minimum atomic E-state index is -2.39. The topological polar surface area (TPSA) is 93.3 Å². The summed E-state index contributed by atoms with van der Waals surface area (Å²) in [6.07, 6.45) is 0. The van der Waals surface area contributed by atoms with Crippen LogP contribution in [0.2, 0.25) is 0 Å². The molecule has 0 aliphatic carbocycles. The molecule has 0 fully saturated rings. The molecule has 3 N–H and O–H groups in total. The fourth-order valence-corrected chi connectivity index (χ4v) is 1.87. The standard InChI is InChI=1S/C13H12FN3O3S/c14-9-1-3-10(4-2-9)15-13(18)16-11-5-7-12(8-6-11)17-21(19)20/h1-8,17H,(H,19,20)(H2,15,16,18)/p-1. The number of benzene rings is 2. The van der Waals surface area contributed by atoms with E-state index in [0.29, 0.717) is 17.1 Å². The van der Waals surface area contributed by atoms with Gasteiger partial charge in [-0.15, -0.1) is 0 Å². The first-order chi connectivity index (χ1) is 10.0. The third-order valence-corrected chi connectivity index (χ3v) is 2.85. The summed E-state index contributed by atoms with van der Waals surface area (Å²) in [7, 11) is 0. The molecule has 0 aromatic heterocycles. The monoisotopic (exact) mass is 308 g/mol. The van der Waals surface area contributed by atoms with Gasteiger partial charge in [0.25, 0.3) is 0 Å². The van der Waals surface area contributed by atoms with Gasteiger partial charge in [0.2, 0.25) is 0 Å². The summed E-state index contributed by atoms with van der Waals surface area (Å²) in [5.41, 5.74) is 1.32. The van der Waals surface area contributed by atoms with Crippen molar-refractivity contribution in [2.45, 2.75) is 0 Å². The second kappa shape index (κ2) is 6.82. The Kier molecular flexibility index (Phi) is 4.85. The molecule has 0 bridgehead atoms. The molecular formula is C13H11FN3O3S-. The Hall–Kier alpha value is -2.45. The first-order valence-corrected chi connectivity index (χ1v) is 6.90. The zero-order chi connectivity index (χ0) is 15.2. The van der Waals surface area contributed by atoms with Gasteiger partial charge in [0.1, 0.15) is 5.82 Å². The van der Waals surface area contributed by atoms with E-state index in [9.17, 15) is 17.9 Å². The van der Waals surface area contributed by atoms with E-state index in [4.69, 9.17) is 0 Å². The van der Waals surface area contributed by atoms with Gasteiger partial charge in [0.05, 0.1) is 0 Å². The smallest absolute Gasteiger partial charge is 0.323 e. The zero-order valence-corrected chi connectivity index (χ0v) is 11.4. The van der Waals surface area contributed by atoms with E-state index in [-0.39, 0.29) is 5.82 Å². The molecule has 2 aromatic rings. The summed E-state index contributed by atoms with van der Waals surface area (Å²) in [6, 6.07) is 10.9. The highest BCUT2D eigenvalue weighted by atomic mass is 32.2. The largest absolute Gasteiger partial charge is 0.755 e. The Balaban J connectivity index is 1.93. The second-order valence-electron chi connectivity index (χ2n) is 4.00. The quantitative estimate of drug-likeness (QED) is 0.758. The van der Waals surface area contributed by atoms with Crippen LogP contribution in [0.15, 0.2) is 48.5 Å². The number of nitrogens with one attached hydrogen (secondary N) is 3. The van der Waals surface area contributed by atoms with Crippen LogP contribution in [0.5, 0.6) is 0 Å². The lowest BCUT2D eigenvalue weighted by Crippen LogP contribution is -2.19. The van der Waals surface area contributed by atoms with E-state index in [1.807, 2.05) is 0 Å². The molecule has 6 nitrogen and oxygen atoms in total. The van der Waals surface area contributed by atoms with E-state index in [1.54, 1.807) is 12.1 Å². The van der Waals surface area contributed by atoms with Gasteiger partial charge in [-0.1, -0.05) is 0 Å². The molecule has 2 aromatic carbocycles. The molecule has 1 atom stereocenters. The molecule has 21 heavy (non-hydrogen) atoms. The van der Waals surface area contributed by atoms with Crippen LogP contribution >= 0.6 is 0 Å². The van der Waals surface area contributed by atoms with E-state index in [1.165, 1.54) is 36.4 Å². The van der Waals surface area contributed by atoms with Crippen LogP contribution in [0.3, 0.4) is 0 Å². The van der Waals surface area contributed by atoms with E-state index in [0.717, 1.165) is 0 Å². The molecule has 110 valence electrons.